The van der Waals surface area contributed by atoms with Gasteiger partial charge in [-0.2, -0.15) is 4.31 Å². The minimum Gasteiger partial charge on any atom is -0.346 e. The van der Waals surface area contributed by atoms with Gasteiger partial charge in [-0.1, -0.05) is 77.4 Å². The van der Waals surface area contributed by atoms with Crippen molar-refractivity contribution < 1.29 is 32.4 Å². The Bertz CT molecular complexity index is 1970. The van der Waals surface area contributed by atoms with Gasteiger partial charge in [0.25, 0.3) is 15.9 Å². The van der Waals surface area contributed by atoms with Crippen LogP contribution in [0.15, 0.2) is 66.3 Å². The van der Waals surface area contributed by atoms with Crippen LogP contribution < -0.4 is 21.3 Å². The lowest BCUT2D eigenvalue weighted by Crippen LogP contribution is -2.62. The van der Waals surface area contributed by atoms with Crippen molar-refractivity contribution in [1.82, 2.24) is 35.5 Å². The highest BCUT2D eigenvalue weighted by molar-refractivity contribution is 7.89. The van der Waals surface area contributed by atoms with Gasteiger partial charge in [-0.05, 0) is 83.4 Å². The summed E-state index contributed by atoms with van der Waals surface area (Å²) in [4.78, 5) is 75.2. The number of Topliss-reactive ketones (excluding diaryl/α,β-unsaturated/α-hetero) is 1. The fraction of sp³-hybridized carbons (Fsp3) is 0.571. The number of amides is 5. The van der Waals surface area contributed by atoms with E-state index in [-0.39, 0.29) is 47.2 Å². The molecule has 1 aliphatic heterocycles. The van der Waals surface area contributed by atoms with Crippen LogP contribution in [0.25, 0.3) is 0 Å². The average Bonchev–Trinajstić information content (AvgIpc) is 3.49. The highest BCUT2D eigenvalue weighted by Gasteiger charge is 2.70. The first-order chi connectivity index (χ1) is 26.9. The van der Waals surface area contributed by atoms with E-state index in [0.29, 0.717) is 32.2 Å². The summed E-state index contributed by atoms with van der Waals surface area (Å²) < 4.78 is 27.9. The number of hydrogen-bond donors (Lipinski definition) is 4. The number of rotatable bonds is 15. The van der Waals surface area contributed by atoms with Crippen LogP contribution in [-0.2, 0) is 42.0 Å². The second kappa shape index (κ2) is 16.3. The van der Waals surface area contributed by atoms with Gasteiger partial charge in [0.2, 0.25) is 17.6 Å². The fourth-order valence-corrected chi connectivity index (χ4v) is 10.0. The Labute approximate surface area is 336 Å². The van der Waals surface area contributed by atoms with Crippen LogP contribution in [0.4, 0.5) is 4.79 Å². The number of pyridine rings is 1. The summed E-state index contributed by atoms with van der Waals surface area (Å²) in [5.41, 5.74) is 1.32. The summed E-state index contributed by atoms with van der Waals surface area (Å²) >= 11 is 0. The van der Waals surface area contributed by atoms with Crippen molar-refractivity contribution in [2.75, 3.05) is 26.7 Å². The van der Waals surface area contributed by atoms with E-state index in [4.69, 9.17) is 0 Å². The molecule has 0 bridgehead atoms. The van der Waals surface area contributed by atoms with Crippen molar-refractivity contribution in [3.05, 3.63) is 72.4 Å². The number of piperidine rings is 1. The number of carbonyl (C=O) groups is 5. The average molecular weight is 804 g/mol. The molecule has 2 aromatic rings. The molecule has 308 valence electrons. The summed E-state index contributed by atoms with van der Waals surface area (Å²) in [5.74, 6) is -3.05. The Morgan fingerprint density at radius 3 is 2.18 bits per heavy atom. The fourth-order valence-electron chi connectivity index (χ4n) is 8.90. The van der Waals surface area contributed by atoms with Gasteiger partial charge in [0.05, 0.1) is 0 Å². The summed E-state index contributed by atoms with van der Waals surface area (Å²) in [7, 11) is -2.53. The van der Waals surface area contributed by atoms with E-state index >= 15 is 0 Å². The van der Waals surface area contributed by atoms with E-state index in [1.165, 1.54) is 25.4 Å². The van der Waals surface area contributed by atoms with Crippen LogP contribution in [0, 0.1) is 34.5 Å². The van der Waals surface area contributed by atoms with Crippen LogP contribution in [0.2, 0.25) is 0 Å². The minimum atomic E-state index is -3.97. The predicted molar refractivity (Wildman–Crippen MR) is 214 cm³/mol. The molecule has 1 aromatic heterocycles. The summed E-state index contributed by atoms with van der Waals surface area (Å²) in [6.45, 7) is 13.7. The number of likely N-dealkylation sites (N-methyl/N-ethyl adjacent to an activating group) is 1. The number of hydrogen-bond acceptors (Lipinski definition) is 8. The van der Waals surface area contributed by atoms with E-state index in [0.717, 1.165) is 21.9 Å². The standard InChI is InChI=1S/C42H57N7O7S/c1-8-19-44-38(52)36(50)33(25-16-13-17-25)46-37(51)35-32-29(42(32,5)6)23-49(35)39(53)34(28-21-26-14-9-10-15-27(26)22-28)47-40(54)45-30(41(2,3)4)24-48(7)57(55,56)31-18-11-12-20-43-31/h8-12,14-15,18,20,25,28-30,32-35H,1,13,16-17,19,21-24H2,2-7H3,(H,44,52)(H,46,51)(H2,45,47,54)/t29-,30+,32-,33?,34-,35-/m0/s1. The first-order valence-corrected chi connectivity index (χ1v) is 21.3. The maximum absolute atomic E-state index is 15.0. The van der Waals surface area contributed by atoms with Gasteiger partial charge in [0, 0.05) is 38.9 Å². The number of likely N-dealkylation sites (tertiary alicyclic amines) is 1. The van der Waals surface area contributed by atoms with Gasteiger partial charge >= 0.3 is 6.03 Å². The molecule has 3 fully saturated rings. The summed E-state index contributed by atoms with van der Waals surface area (Å²) in [6, 6.07) is 8.26. The van der Waals surface area contributed by atoms with Crippen molar-refractivity contribution in [2.24, 2.45) is 34.5 Å². The number of fused-ring (bicyclic) bond motifs is 2. The highest BCUT2D eigenvalue weighted by Crippen LogP contribution is 2.65. The maximum Gasteiger partial charge on any atom is 0.315 e. The molecule has 2 saturated carbocycles. The minimum absolute atomic E-state index is 0.0306. The number of sulfonamides is 1. The molecule has 0 radical (unpaired) electrons. The number of aromatic nitrogens is 1. The molecule has 3 aliphatic carbocycles. The van der Waals surface area contributed by atoms with Crippen LogP contribution in [0.3, 0.4) is 0 Å². The summed E-state index contributed by atoms with van der Waals surface area (Å²) in [6.07, 6.45) is 6.21. The van der Waals surface area contributed by atoms with Gasteiger partial charge < -0.3 is 26.2 Å². The molecule has 5 amide bonds. The van der Waals surface area contributed by atoms with Crippen molar-refractivity contribution in [3.63, 3.8) is 0 Å². The molecule has 15 heteroatoms. The Morgan fingerprint density at radius 2 is 1.61 bits per heavy atom. The van der Waals surface area contributed by atoms with Gasteiger partial charge in [-0.25, -0.2) is 18.2 Å². The van der Waals surface area contributed by atoms with Gasteiger partial charge in [-0.3, -0.25) is 19.2 Å². The summed E-state index contributed by atoms with van der Waals surface area (Å²) in [5, 5.41) is 11.3. The van der Waals surface area contributed by atoms with Crippen molar-refractivity contribution in [1.29, 1.82) is 0 Å². The molecular formula is C42H57N7O7S. The van der Waals surface area contributed by atoms with Crippen molar-refractivity contribution in [3.8, 4) is 0 Å². The van der Waals surface area contributed by atoms with Crippen LogP contribution in [0.1, 0.15) is 65.0 Å². The number of nitrogens with zero attached hydrogens (tertiary/aromatic N) is 3. The molecule has 4 aliphatic rings. The van der Waals surface area contributed by atoms with Gasteiger partial charge in [0.15, 0.2) is 5.03 Å². The van der Waals surface area contributed by atoms with Crippen molar-refractivity contribution >= 4 is 39.6 Å². The Hall–Kier alpha value is -4.63. The lowest BCUT2D eigenvalue weighted by atomic mass is 9.77. The van der Waals surface area contributed by atoms with Crippen LogP contribution in [0.5, 0.6) is 0 Å². The quantitative estimate of drug-likeness (QED) is 0.156. The zero-order chi connectivity index (χ0) is 41.4. The Morgan fingerprint density at radius 1 is 0.965 bits per heavy atom. The number of ketones is 1. The lowest BCUT2D eigenvalue weighted by Gasteiger charge is -2.38. The third-order valence-corrected chi connectivity index (χ3v) is 14.5. The molecular weight excluding hydrogens is 747 g/mol. The normalized spacial score (nSPS) is 22.9. The maximum atomic E-state index is 15.0. The van der Waals surface area contributed by atoms with Gasteiger partial charge in [0.1, 0.15) is 18.1 Å². The Kier molecular flexibility index (Phi) is 12.0. The molecule has 1 aromatic carbocycles. The molecule has 1 unspecified atom stereocenters. The molecule has 6 atom stereocenters. The first kappa shape index (κ1) is 42.0. The van der Waals surface area contributed by atoms with Gasteiger partial charge in [-0.15, -0.1) is 6.58 Å². The number of urea groups is 1. The predicted octanol–water partition coefficient (Wildman–Crippen LogP) is 2.84. The number of nitrogens with one attached hydrogen (secondary N) is 4. The first-order valence-electron chi connectivity index (χ1n) is 19.9. The molecule has 2 heterocycles. The third-order valence-electron chi connectivity index (χ3n) is 12.8. The zero-order valence-corrected chi connectivity index (χ0v) is 34.6. The molecule has 14 nitrogen and oxygen atoms in total. The number of benzene rings is 1. The largest absolute Gasteiger partial charge is 0.346 e. The zero-order valence-electron chi connectivity index (χ0n) is 33.8. The second-order valence-electron chi connectivity index (χ2n) is 17.8. The molecule has 4 N–H and O–H groups in total. The molecule has 1 saturated heterocycles. The van der Waals surface area contributed by atoms with Crippen molar-refractivity contribution in [2.45, 2.75) is 95.9 Å². The van der Waals surface area contributed by atoms with Crippen LogP contribution >= 0.6 is 0 Å². The lowest BCUT2D eigenvalue weighted by molar-refractivity contribution is -0.145. The van der Waals surface area contributed by atoms with E-state index < -0.39 is 69.1 Å². The Balaban J connectivity index is 1.24. The smallest absolute Gasteiger partial charge is 0.315 e. The van der Waals surface area contributed by atoms with Crippen LogP contribution in [-0.4, -0.2) is 103 Å². The van der Waals surface area contributed by atoms with E-state index in [9.17, 15) is 32.4 Å². The highest BCUT2D eigenvalue weighted by atomic mass is 32.2. The third kappa shape index (κ3) is 8.64. The van der Waals surface area contributed by atoms with E-state index in [1.54, 1.807) is 17.0 Å². The molecule has 6 rings (SSSR count). The second-order valence-corrected chi connectivity index (χ2v) is 19.8. The SMILES string of the molecule is C=CCNC(=O)C(=O)C(NC(=O)[C@@H]1[C@@H]2[C@H](CN1C(=O)[C@@H](NC(=O)N[C@H](CN(C)S(=O)(=O)c1ccccn1)C(C)(C)C)C1Cc3ccccc3C1)C2(C)C)C1CCC1. The molecule has 57 heavy (non-hydrogen) atoms. The molecule has 0 spiro atoms. The number of carbonyl (C=O) groups excluding carboxylic acids is 5. The van der Waals surface area contributed by atoms with E-state index in [2.05, 4.69) is 46.7 Å². The topological polar surface area (TPSA) is 187 Å². The monoisotopic (exact) mass is 803 g/mol. The van der Waals surface area contributed by atoms with E-state index in [1.807, 2.05) is 45.0 Å².